The lowest BCUT2D eigenvalue weighted by Crippen LogP contribution is -2.35. The first-order chi connectivity index (χ1) is 6.02. The topological polar surface area (TPSA) is 90.7 Å². The largest absolute Gasteiger partial charge is 0.489 e. The van der Waals surface area contributed by atoms with Gasteiger partial charge in [-0.2, -0.15) is 4.39 Å². The molecule has 0 saturated carbocycles. The molecule has 0 atom stereocenters. The molecule has 5 nitrogen and oxygen atoms in total. The highest BCUT2D eigenvalue weighted by Gasteiger charge is 2.21. The zero-order valence-electron chi connectivity index (χ0n) is 6.31. The number of aromatic nitrogens is 1. The van der Waals surface area contributed by atoms with E-state index in [0.717, 1.165) is 6.20 Å². The quantitative estimate of drug-likeness (QED) is 0.389. The second-order valence-electron chi connectivity index (χ2n) is 2.27. The molecular formula is C6H5BFNO4. The fraction of sp³-hybridized carbons (Fsp3) is 0. The Morgan fingerprint density at radius 1 is 1.54 bits per heavy atom. The van der Waals surface area contributed by atoms with Gasteiger partial charge in [-0.25, -0.2) is 9.78 Å². The van der Waals surface area contributed by atoms with Crippen molar-refractivity contribution in [1.82, 2.24) is 4.98 Å². The van der Waals surface area contributed by atoms with Crippen molar-refractivity contribution in [3.63, 3.8) is 0 Å². The molecule has 1 heterocycles. The van der Waals surface area contributed by atoms with Crippen LogP contribution in [-0.4, -0.2) is 33.2 Å². The van der Waals surface area contributed by atoms with Crippen LogP contribution in [0.15, 0.2) is 12.3 Å². The number of pyridine rings is 1. The molecule has 0 aliphatic heterocycles. The zero-order valence-corrected chi connectivity index (χ0v) is 6.31. The van der Waals surface area contributed by atoms with Gasteiger partial charge in [-0.05, 0) is 6.07 Å². The van der Waals surface area contributed by atoms with Crippen molar-refractivity contribution in [3.05, 3.63) is 23.8 Å². The standard InChI is InChI=1S/C6H5BFNO4/c8-5-1-4(7(12)13)3(2-9-5)6(10)11/h1-2,12-13H,(H,10,11). The van der Waals surface area contributed by atoms with Crippen LogP contribution in [0.25, 0.3) is 0 Å². The lowest BCUT2D eigenvalue weighted by atomic mass is 9.78. The predicted molar refractivity (Wildman–Crippen MR) is 41.0 cm³/mol. The van der Waals surface area contributed by atoms with Crippen LogP contribution in [0.3, 0.4) is 0 Å². The van der Waals surface area contributed by atoms with E-state index in [0.29, 0.717) is 6.07 Å². The van der Waals surface area contributed by atoms with Crippen molar-refractivity contribution in [2.75, 3.05) is 0 Å². The van der Waals surface area contributed by atoms with E-state index in [-0.39, 0.29) is 0 Å². The van der Waals surface area contributed by atoms with Crippen LogP contribution in [0.2, 0.25) is 0 Å². The van der Waals surface area contributed by atoms with Gasteiger partial charge in [-0.3, -0.25) is 0 Å². The smallest absolute Gasteiger partial charge is 0.478 e. The third kappa shape index (κ3) is 2.01. The lowest BCUT2D eigenvalue weighted by molar-refractivity contribution is 0.0697. The summed E-state index contributed by atoms with van der Waals surface area (Å²) in [6.45, 7) is 0. The molecule has 3 N–H and O–H groups in total. The molecule has 1 aromatic rings. The van der Waals surface area contributed by atoms with E-state index < -0.39 is 30.1 Å². The number of carboxylic acids is 1. The summed E-state index contributed by atoms with van der Waals surface area (Å²) in [5, 5.41) is 25.9. The maximum Gasteiger partial charge on any atom is 0.489 e. The Kier molecular flexibility index (Phi) is 2.59. The van der Waals surface area contributed by atoms with E-state index in [1.807, 2.05) is 0 Å². The molecule has 0 spiro atoms. The molecule has 0 aliphatic rings. The third-order valence-electron chi connectivity index (χ3n) is 1.41. The highest BCUT2D eigenvalue weighted by Crippen LogP contribution is 1.97. The minimum absolute atomic E-state index is 0.417. The van der Waals surface area contributed by atoms with Crippen LogP contribution in [-0.2, 0) is 0 Å². The lowest BCUT2D eigenvalue weighted by Gasteiger charge is -2.02. The summed E-state index contributed by atoms with van der Waals surface area (Å²) in [6, 6.07) is 0.661. The average Bonchev–Trinajstić information content (AvgIpc) is 2.03. The summed E-state index contributed by atoms with van der Waals surface area (Å²) in [7, 11) is -2.02. The molecule has 0 fully saturated rings. The number of aromatic carboxylic acids is 1. The van der Waals surface area contributed by atoms with Crippen molar-refractivity contribution in [2.24, 2.45) is 0 Å². The Morgan fingerprint density at radius 3 is 2.62 bits per heavy atom. The third-order valence-corrected chi connectivity index (χ3v) is 1.41. The Bertz CT molecular complexity index is 343. The van der Waals surface area contributed by atoms with Crippen LogP contribution >= 0.6 is 0 Å². The molecule has 68 valence electrons. The normalized spacial score (nSPS) is 9.77. The Morgan fingerprint density at radius 2 is 2.15 bits per heavy atom. The molecule has 0 bridgehead atoms. The fourth-order valence-electron chi connectivity index (χ4n) is 0.836. The Balaban J connectivity index is 3.26. The molecule has 1 rings (SSSR count). The maximum absolute atomic E-state index is 12.4. The Hall–Kier alpha value is -1.47. The van der Waals surface area contributed by atoms with Crippen molar-refractivity contribution in [3.8, 4) is 0 Å². The first kappa shape index (κ1) is 9.62. The molecular weight excluding hydrogens is 180 g/mol. The minimum Gasteiger partial charge on any atom is -0.478 e. The second kappa shape index (κ2) is 3.50. The Labute approximate surface area is 72.6 Å². The summed E-state index contributed by atoms with van der Waals surface area (Å²) in [5.74, 6) is -2.36. The number of hydrogen-bond acceptors (Lipinski definition) is 4. The number of halogens is 1. The molecule has 0 saturated heterocycles. The van der Waals surface area contributed by atoms with E-state index in [4.69, 9.17) is 15.2 Å². The van der Waals surface area contributed by atoms with Crippen LogP contribution in [0, 0.1) is 5.95 Å². The summed E-state index contributed by atoms with van der Waals surface area (Å²) < 4.78 is 12.4. The molecule has 7 heteroatoms. The van der Waals surface area contributed by atoms with E-state index in [2.05, 4.69) is 4.98 Å². The average molecular weight is 185 g/mol. The highest BCUT2D eigenvalue weighted by atomic mass is 19.1. The molecule has 0 unspecified atom stereocenters. The van der Waals surface area contributed by atoms with E-state index >= 15 is 0 Å². The van der Waals surface area contributed by atoms with Gasteiger partial charge < -0.3 is 15.2 Å². The fourth-order valence-corrected chi connectivity index (χ4v) is 0.836. The first-order valence-electron chi connectivity index (χ1n) is 3.27. The number of carboxylic acid groups (broad SMARTS) is 1. The van der Waals surface area contributed by atoms with Gasteiger partial charge in [-0.1, -0.05) is 0 Å². The van der Waals surface area contributed by atoms with Gasteiger partial charge in [0.15, 0.2) is 0 Å². The highest BCUT2D eigenvalue weighted by molar-refractivity contribution is 6.60. The number of rotatable bonds is 2. The van der Waals surface area contributed by atoms with Gasteiger partial charge in [0.25, 0.3) is 0 Å². The van der Waals surface area contributed by atoms with Gasteiger partial charge in [0.2, 0.25) is 5.95 Å². The van der Waals surface area contributed by atoms with Crippen LogP contribution < -0.4 is 5.46 Å². The van der Waals surface area contributed by atoms with Crippen molar-refractivity contribution >= 4 is 18.6 Å². The predicted octanol–water partition coefficient (Wildman–Crippen LogP) is -1.40. The van der Waals surface area contributed by atoms with E-state index in [1.54, 1.807) is 0 Å². The van der Waals surface area contributed by atoms with Gasteiger partial charge in [0.05, 0.1) is 5.56 Å². The second-order valence-corrected chi connectivity index (χ2v) is 2.27. The SMILES string of the molecule is O=C(O)c1cnc(F)cc1B(O)O. The molecule has 0 aliphatic carbocycles. The van der Waals surface area contributed by atoms with E-state index in [9.17, 15) is 9.18 Å². The van der Waals surface area contributed by atoms with Gasteiger partial charge in [0, 0.05) is 11.7 Å². The van der Waals surface area contributed by atoms with Crippen LogP contribution in [0.4, 0.5) is 4.39 Å². The van der Waals surface area contributed by atoms with Gasteiger partial charge in [-0.15, -0.1) is 0 Å². The van der Waals surface area contributed by atoms with Crippen molar-refractivity contribution in [1.29, 1.82) is 0 Å². The van der Waals surface area contributed by atoms with Gasteiger partial charge in [0.1, 0.15) is 0 Å². The monoisotopic (exact) mass is 185 g/mol. The number of hydrogen-bond donors (Lipinski definition) is 3. The summed E-state index contributed by atoms with van der Waals surface area (Å²) in [5.41, 5.74) is -0.851. The molecule has 1 aromatic heterocycles. The number of carbonyl (C=O) groups is 1. The van der Waals surface area contributed by atoms with E-state index in [1.165, 1.54) is 0 Å². The summed E-state index contributed by atoms with van der Waals surface area (Å²) in [6.07, 6.45) is 0.729. The van der Waals surface area contributed by atoms with Crippen molar-refractivity contribution in [2.45, 2.75) is 0 Å². The maximum atomic E-state index is 12.4. The van der Waals surface area contributed by atoms with Crippen LogP contribution in [0.1, 0.15) is 10.4 Å². The minimum atomic E-state index is -2.02. The van der Waals surface area contributed by atoms with Crippen LogP contribution in [0.5, 0.6) is 0 Å². The molecule has 13 heavy (non-hydrogen) atoms. The first-order valence-corrected chi connectivity index (χ1v) is 3.27. The van der Waals surface area contributed by atoms with Gasteiger partial charge >= 0.3 is 13.1 Å². The summed E-state index contributed by atoms with van der Waals surface area (Å²) >= 11 is 0. The summed E-state index contributed by atoms with van der Waals surface area (Å²) in [4.78, 5) is 13.5. The molecule has 0 radical (unpaired) electrons. The van der Waals surface area contributed by atoms with Crippen molar-refractivity contribution < 1.29 is 24.3 Å². The number of nitrogens with zero attached hydrogens (tertiary/aromatic N) is 1. The molecule has 0 aromatic carbocycles. The molecule has 0 amide bonds. The zero-order chi connectivity index (χ0) is 10.0.